The van der Waals surface area contributed by atoms with E-state index in [0.717, 1.165) is 14.7 Å². The van der Waals surface area contributed by atoms with E-state index in [9.17, 15) is 10.4 Å². The van der Waals surface area contributed by atoms with Crippen LogP contribution >= 0.6 is 23.5 Å². The van der Waals surface area contributed by atoms with Gasteiger partial charge in [-0.15, -0.1) is 0 Å². The van der Waals surface area contributed by atoms with Crippen molar-refractivity contribution in [3.05, 3.63) is 94.5 Å². The minimum absolute atomic E-state index is 0.0552. The van der Waals surface area contributed by atoms with Gasteiger partial charge in [0.25, 0.3) is 0 Å². The second kappa shape index (κ2) is 12.5. The van der Waals surface area contributed by atoms with Gasteiger partial charge in [-0.05, 0) is 42.7 Å². The van der Waals surface area contributed by atoms with Crippen molar-refractivity contribution in [1.29, 1.82) is 5.26 Å². The summed E-state index contributed by atoms with van der Waals surface area (Å²) in [5.41, 5.74) is 0.122. The zero-order chi connectivity index (χ0) is 22.7. The summed E-state index contributed by atoms with van der Waals surface area (Å²) in [7, 11) is 0. The van der Waals surface area contributed by atoms with Crippen LogP contribution in [0.2, 0.25) is 0 Å². The minimum Gasteiger partial charge on any atom is -0.500 e. The molecule has 2 aromatic rings. The van der Waals surface area contributed by atoms with Crippen LogP contribution < -0.4 is 0 Å². The molecule has 31 heavy (non-hydrogen) atoms. The quantitative estimate of drug-likeness (QED) is 0.189. The Balaban J connectivity index is 2.51. The lowest BCUT2D eigenvalue weighted by Gasteiger charge is -2.18. The summed E-state index contributed by atoms with van der Waals surface area (Å²) in [6, 6.07) is 22.0. The molecule has 0 saturated carbocycles. The van der Waals surface area contributed by atoms with Crippen molar-refractivity contribution in [2.45, 2.75) is 43.6 Å². The van der Waals surface area contributed by atoms with Gasteiger partial charge in [-0.1, -0.05) is 86.8 Å². The molecule has 2 aromatic carbocycles. The Labute approximate surface area is 194 Å². The molecule has 5 heteroatoms. The van der Waals surface area contributed by atoms with Crippen LogP contribution in [-0.4, -0.2) is 17.8 Å². The lowest BCUT2D eigenvalue weighted by molar-refractivity contribution is 0.234. The number of ether oxygens (including phenoxy) is 1. The number of nitriles is 1. The van der Waals surface area contributed by atoms with Crippen LogP contribution in [0, 0.1) is 16.7 Å². The normalized spacial score (nSPS) is 14.1. The minimum atomic E-state index is -1.08. The van der Waals surface area contributed by atoms with E-state index in [1.807, 2.05) is 61.5 Å². The molecule has 1 N–H and O–H groups in total. The van der Waals surface area contributed by atoms with Crippen LogP contribution in [0.3, 0.4) is 0 Å². The Morgan fingerprint density at radius 3 is 2.06 bits per heavy atom. The predicted octanol–water partition coefficient (Wildman–Crippen LogP) is 7.19. The zero-order valence-electron chi connectivity index (χ0n) is 18.4. The number of allylic oxidation sites excluding steroid dienone is 2. The van der Waals surface area contributed by atoms with E-state index in [4.69, 9.17) is 4.74 Å². The van der Waals surface area contributed by atoms with Crippen molar-refractivity contribution in [3.63, 3.8) is 0 Å². The third-order valence-corrected chi connectivity index (χ3v) is 5.95. The number of aliphatic hydroxyl groups is 1. The first-order valence-corrected chi connectivity index (χ1v) is 11.8. The lowest BCUT2D eigenvalue weighted by Crippen LogP contribution is -2.12. The van der Waals surface area contributed by atoms with Crippen molar-refractivity contribution in [1.82, 2.24) is 0 Å². The van der Waals surface area contributed by atoms with Gasteiger partial charge in [0.05, 0.1) is 18.4 Å². The number of thioether (sulfide) groups is 2. The van der Waals surface area contributed by atoms with E-state index in [1.165, 1.54) is 18.0 Å². The summed E-state index contributed by atoms with van der Waals surface area (Å²) in [5, 5.41) is 20.7. The Kier molecular flexibility index (Phi) is 10.00. The summed E-state index contributed by atoms with van der Waals surface area (Å²) >= 11 is 3.08. The summed E-state index contributed by atoms with van der Waals surface area (Å²) in [6.45, 7) is 8.70. The average Bonchev–Trinajstić information content (AvgIpc) is 2.74. The molecule has 1 unspecified atom stereocenters. The molecule has 0 spiro atoms. The van der Waals surface area contributed by atoms with Crippen molar-refractivity contribution in [2.24, 2.45) is 5.41 Å². The molecule has 0 heterocycles. The van der Waals surface area contributed by atoms with Gasteiger partial charge < -0.3 is 9.84 Å². The zero-order valence-corrected chi connectivity index (χ0v) is 20.0. The summed E-state index contributed by atoms with van der Waals surface area (Å²) in [4.78, 5) is 3.77. The van der Waals surface area contributed by atoms with Crippen molar-refractivity contribution >= 4 is 23.5 Å². The molecule has 0 amide bonds. The second-order valence-corrected chi connectivity index (χ2v) is 10.1. The fourth-order valence-electron chi connectivity index (χ4n) is 2.56. The van der Waals surface area contributed by atoms with Crippen molar-refractivity contribution < 1.29 is 9.84 Å². The van der Waals surface area contributed by atoms with Crippen LogP contribution in [0.5, 0.6) is 0 Å². The van der Waals surface area contributed by atoms with Crippen molar-refractivity contribution in [2.75, 3.05) is 6.61 Å². The van der Waals surface area contributed by atoms with Gasteiger partial charge in [0, 0.05) is 19.6 Å². The van der Waals surface area contributed by atoms with Crippen LogP contribution in [0.1, 0.15) is 27.7 Å². The maximum atomic E-state index is 11.1. The molecular weight excluding hydrogens is 422 g/mol. The SMILES string of the molecule is CCO/C=C(/C#N)C(O)/C(=C/C(=C/C(C)(C)C)Sc1ccccc1)Sc1ccccc1. The summed E-state index contributed by atoms with van der Waals surface area (Å²) < 4.78 is 5.29. The largest absolute Gasteiger partial charge is 0.500 e. The molecule has 0 aliphatic heterocycles. The van der Waals surface area contributed by atoms with Crippen LogP contribution in [-0.2, 0) is 4.74 Å². The third-order valence-electron chi connectivity index (χ3n) is 3.89. The third kappa shape index (κ3) is 9.10. The van der Waals surface area contributed by atoms with Gasteiger partial charge in [-0.2, -0.15) is 5.26 Å². The molecular formula is C26H29NO2S2. The molecule has 0 aliphatic rings. The molecule has 0 bridgehead atoms. The highest BCUT2D eigenvalue weighted by Gasteiger charge is 2.20. The molecule has 1 atom stereocenters. The van der Waals surface area contributed by atoms with E-state index >= 15 is 0 Å². The summed E-state index contributed by atoms with van der Waals surface area (Å²) in [6.07, 6.45) is 4.42. The highest BCUT2D eigenvalue weighted by molar-refractivity contribution is 8.04. The van der Waals surface area contributed by atoms with Crippen molar-refractivity contribution in [3.8, 4) is 6.07 Å². The topological polar surface area (TPSA) is 53.2 Å². The van der Waals surface area contributed by atoms with Gasteiger partial charge in [-0.25, -0.2) is 0 Å². The summed E-state index contributed by atoms with van der Waals surface area (Å²) in [5.74, 6) is 0. The number of nitrogens with zero attached hydrogens (tertiary/aromatic N) is 1. The maximum absolute atomic E-state index is 11.1. The molecule has 0 aromatic heterocycles. The number of benzene rings is 2. The van der Waals surface area contributed by atoms with E-state index < -0.39 is 6.10 Å². The number of hydrogen-bond donors (Lipinski definition) is 1. The van der Waals surface area contributed by atoms with Gasteiger partial charge in [0.15, 0.2) is 0 Å². The molecule has 0 saturated heterocycles. The van der Waals surface area contributed by atoms with Gasteiger partial charge in [0.1, 0.15) is 12.2 Å². The number of hydrogen-bond acceptors (Lipinski definition) is 5. The fourth-order valence-corrected chi connectivity index (χ4v) is 4.79. The Morgan fingerprint density at radius 2 is 1.58 bits per heavy atom. The van der Waals surface area contributed by atoms with E-state index in [-0.39, 0.29) is 11.0 Å². The van der Waals surface area contributed by atoms with Gasteiger partial charge >= 0.3 is 0 Å². The highest BCUT2D eigenvalue weighted by atomic mass is 32.2. The molecule has 162 valence electrons. The Bertz CT molecular complexity index is 952. The van der Waals surface area contributed by atoms with Crippen LogP contribution in [0.4, 0.5) is 0 Å². The fraction of sp³-hybridized carbons (Fsp3) is 0.269. The average molecular weight is 452 g/mol. The van der Waals surface area contributed by atoms with E-state index in [2.05, 4.69) is 45.0 Å². The lowest BCUT2D eigenvalue weighted by atomic mass is 9.96. The molecule has 0 fully saturated rings. The standard InChI is InChI=1S/C26H29NO2S2/c1-5-29-19-20(18-27)25(28)24(31-22-14-10-7-11-15-22)16-23(17-26(2,3)4)30-21-12-8-6-9-13-21/h6-17,19,25,28H,5H2,1-4H3/b20-19-,23-17-,24-16-. The van der Waals surface area contributed by atoms with Gasteiger partial charge in [0.2, 0.25) is 0 Å². The highest BCUT2D eigenvalue weighted by Crippen LogP contribution is 2.37. The number of aliphatic hydroxyl groups excluding tert-OH is 1. The van der Waals surface area contributed by atoms with Crippen LogP contribution in [0.25, 0.3) is 0 Å². The molecule has 3 nitrogen and oxygen atoms in total. The smallest absolute Gasteiger partial charge is 0.123 e. The molecule has 2 rings (SSSR count). The Morgan fingerprint density at radius 1 is 1.03 bits per heavy atom. The molecule has 0 aliphatic carbocycles. The first kappa shape index (κ1) is 24.9. The number of rotatable bonds is 9. The second-order valence-electron chi connectivity index (χ2n) is 7.83. The van der Waals surface area contributed by atoms with Crippen LogP contribution in [0.15, 0.2) is 104 Å². The van der Waals surface area contributed by atoms with E-state index in [1.54, 1.807) is 11.8 Å². The monoisotopic (exact) mass is 451 g/mol. The van der Waals surface area contributed by atoms with Gasteiger partial charge in [-0.3, -0.25) is 0 Å². The first-order chi connectivity index (χ1) is 14.8. The maximum Gasteiger partial charge on any atom is 0.123 e. The molecule has 0 radical (unpaired) electrons. The predicted molar refractivity (Wildman–Crippen MR) is 132 cm³/mol. The Hall–Kier alpha value is -2.39. The van der Waals surface area contributed by atoms with E-state index in [0.29, 0.717) is 11.5 Å². The first-order valence-electron chi connectivity index (χ1n) is 10.1.